The predicted molar refractivity (Wildman–Crippen MR) is 112 cm³/mol. The summed E-state index contributed by atoms with van der Waals surface area (Å²) in [5.74, 6) is -0.518. The number of nitrogens with zero attached hydrogens (tertiary/aromatic N) is 1. The lowest BCUT2D eigenvalue weighted by molar-refractivity contribution is -0.143. The number of allylic oxidation sites excluding steroid dienone is 2. The minimum atomic E-state index is -0.684. The van der Waals surface area contributed by atoms with Crippen molar-refractivity contribution in [1.29, 1.82) is 5.26 Å². The first-order valence-electron chi connectivity index (χ1n) is 10.3. The van der Waals surface area contributed by atoms with E-state index in [0.29, 0.717) is 49.5 Å². The maximum absolute atomic E-state index is 12.5. The highest BCUT2D eigenvalue weighted by molar-refractivity contribution is 5.92. The van der Waals surface area contributed by atoms with Crippen LogP contribution in [-0.4, -0.2) is 31.8 Å². The van der Waals surface area contributed by atoms with Crippen LogP contribution in [0.4, 0.5) is 0 Å². The molecule has 0 spiro atoms. The van der Waals surface area contributed by atoms with Crippen LogP contribution >= 0.6 is 0 Å². The minimum Gasteiger partial charge on any atom is -0.494 e. The van der Waals surface area contributed by atoms with Crippen molar-refractivity contribution < 1.29 is 28.5 Å². The summed E-state index contributed by atoms with van der Waals surface area (Å²) in [6.07, 6.45) is 1.77. The van der Waals surface area contributed by atoms with Gasteiger partial charge in [0.15, 0.2) is 0 Å². The van der Waals surface area contributed by atoms with Crippen molar-refractivity contribution in [2.45, 2.75) is 46.0 Å². The number of carbonyl (C=O) groups excluding carboxylic acids is 2. The van der Waals surface area contributed by atoms with Crippen LogP contribution in [0.25, 0.3) is 0 Å². The molecule has 8 heteroatoms. The summed E-state index contributed by atoms with van der Waals surface area (Å²) < 4.78 is 21.2. The Morgan fingerprint density at radius 2 is 1.81 bits per heavy atom. The fourth-order valence-electron chi connectivity index (χ4n) is 3.24. The summed E-state index contributed by atoms with van der Waals surface area (Å²) >= 11 is 0. The highest BCUT2D eigenvalue weighted by Crippen LogP contribution is 2.39. The van der Waals surface area contributed by atoms with Gasteiger partial charge in [0, 0.05) is 6.42 Å². The number of esters is 2. The molecule has 0 bridgehead atoms. The molecule has 0 aromatic heterocycles. The van der Waals surface area contributed by atoms with Crippen molar-refractivity contribution in [3.05, 3.63) is 52.6 Å². The van der Waals surface area contributed by atoms with E-state index in [4.69, 9.17) is 24.7 Å². The van der Waals surface area contributed by atoms with Gasteiger partial charge in [-0.2, -0.15) is 5.26 Å². The maximum Gasteiger partial charge on any atom is 0.338 e. The second-order valence-corrected chi connectivity index (χ2v) is 6.79. The summed E-state index contributed by atoms with van der Waals surface area (Å²) in [4.78, 5) is 23.9. The van der Waals surface area contributed by atoms with Crippen molar-refractivity contribution in [3.8, 4) is 11.8 Å². The SMILES string of the molecule is CCOC(=O)CCCCOc1ccc(C2C(C#N)=C(N)OC(C)=C2C(=O)OCC)cc1. The van der Waals surface area contributed by atoms with Gasteiger partial charge >= 0.3 is 11.9 Å². The smallest absolute Gasteiger partial charge is 0.338 e. The Balaban J connectivity index is 2.09. The Bertz CT molecular complexity index is 896. The van der Waals surface area contributed by atoms with Crippen LogP contribution in [0.15, 0.2) is 47.1 Å². The predicted octanol–water partition coefficient (Wildman–Crippen LogP) is 3.44. The lowest BCUT2D eigenvalue weighted by atomic mass is 9.83. The second-order valence-electron chi connectivity index (χ2n) is 6.79. The van der Waals surface area contributed by atoms with Gasteiger partial charge in [0.05, 0.1) is 31.3 Å². The molecule has 1 heterocycles. The molecule has 1 aliphatic heterocycles. The van der Waals surface area contributed by atoms with Gasteiger partial charge in [0.25, 0.3) is 0 Å². The average Bonchev–Trinajstić information content (AvgIpc) is 2.74. The molecule has 1 aliphatic rings. The molecular weight excluding hydrogens is 400 g/mol. The van der Waals surface area contributed by atoms with Crippen LogP contribution in [0.5, 0.6) is 5.75 Å². The number of unbranched alkanes of at least 4 members (excludes halogenated alkanes) is 1. The van der Waals surface area contributed by atoms with E-state index in [1.807, 2.05) is 6.07 Å². The molecule has 1 aromatic rings. The molecule has 0 aliphatic carbocycles. The lowest BCUT2D eigenvalue weighted by Crippen LogP contribution is -2.25. The van der Waals surface area contributed by atoms with Crippen molar-refractivity contribution in [1.82, 2.24) is 0 Å². The number of nitrogens with two attached hydrogens (primary N) is 1. The molecule has 166 valence electrons. The normalized spacial score (nSPS) is 15.7. The van der Waals surface area contributed by atoms with Crippen molar-refractivity contribution >= 4 is 11.9 Å². The highest BCUT2D eigenvalue weighted by atomic mass is 16.5. The molecular formula is C23H28N2O6. The van der Waals surface area contributed by atoms with Crippen molar-refractivity contribution in [3.63, 3.8) is 0 Å². The maximum atomic E-state index is 12.5. The number of ether oxygens (including phenoxy) is 4. The van der Waals surface area contributed by atoms with E-state index >= 15 is 0 Å². The van der Waals surface area contributed by atoms with Crippen molar-refractivity contribution in [2.24, 2.45) is 5.73 Å². The molecule has 1 aromatic carbocycles. The number of hydrogen-bond donors (Lipinski definition) is 1. The van der Waals surface area contributed by atoms with Crippen LogP contribution in [0.2, 0.25) is 0 Å². The lowest BCUT2D eigenvalue weighted by Gasteiger charge is -2.26. The van der Waals surface area contributed by atoms with E-state index in [-0.39, 0.29) is 29.6 Å². The van der Waals surface area contributed by atoms with Crippen molar-refractivity contribution in [2.75, 3.05) is 19.8 Å². The Labute approximate surface area is 182 Å². The number of nitriles is 1. The summed E-state index contributed by atoms with van der Waals surface area (Å²) in [6.45, 7) is 6.15. The van der Waals surface area contributed by atoms with Gasteiger partial charge in [-0.1, -0.05) is 12.1 Å². The van der Waals surface area contributed by atoms with E-state index in [9.17, 15) is 14.9 Å². The van der Waals surface area contributed by atoms with Gasteiger partial charge in [0.2, 0.25) is 5.88 Å². The highest BCUT2D eigenvalue weighted by Gasteiger charge is 2.36. The van der Waals surface area contributed by atoms with E-state index in [1.165, 1.54) is 0 Å². The molecule has 1 unspecified atom stereocenters. The Morgan fingerprint density at radius 1 is 1.13 bits per heavy atom. The third kappa shape index (κ3) is 6.25. The minimum absolute atomic E-state index is 0.0278. The summed E-state index contributed by atoms with van der Waals surface area (Å²) in [6, 6.07) is 9.13. The van der Waals surface area contributed by atoms with E-state index in [1.54, 1.807) is 45.0 Å². The first kappa shape index (κ1) is 23.8. The van der Waals surface area contributed by atoms with Gasteiger partial charge in [-0.3, -0.25) is 4.79 Å². The molecule has 8 nitrogen and oxygen atoms in total. The van der Waals surface area contributed by atoms with Gasteiger partial charge < -0.3 is 24.7 Å². The zero-order chi connectivity index (χ0) is 22.8. The zero-order valence-corrected chi connectivity index (χ0v) is 18.1. The van der Waals surface area contributed by atoms with Crippen LogP contribution in [-0.2, 0) is 23.8 Å². The first-order chi connectivity index (χ1) is 14.9. The molecule has 2 N–H and O–H groups in total. The standard InChI is InChI=1S/C23H28N2O6/c1-4-28-19(26)8-6-7-13-30-17-11-9-16(10-12-17)21-18(14-24)22(25)31-15(3)20(21)23(27)29-5-2/h9-12,21H,4-8,13,25H2,1-3H3. The molecule has 0 saturated carbocycles. The Morgan fingerprint density at radius 3 is 2.42 bits per heavy atom. The molecule has 0 fully saturated rings. The number of hydrogen-bond acceptors (Lipinski definition) is 8. The Hall–Kier alpha value is -3.47. The summed E-state index contributed by atoms with van der Waals surface area (Å²) in [7, 11) is 0. The monoisotopic (exact) mass is 428 g/mol. The summed E-state index contributed by atoms with van der Waals surface area (Å²) in [5.41, 5.74) is 7.00. The fourth-order valence-corrected chi connectivity index (χ4v) is 3.24. The third-order valence-corrected chi connectivity index (χ3v) is 4.66. The van der Waals surface area contributed by atoms with Gasteiger partial charge in [-0.25, -0.2) is 4.79 Å². The van der Waals surface area contributed by atoms with Crippen LogP contribution in [0.1, 0.15) is 51.5 Å². The summed E-state index contributed by atoms with van der Waals surface area (Å²) in [5, 5.41) is 9.60. The second kappa shape index (κ2) is 11.6. The van der Waals surface area contributed by atoms with Crippen LogP contribution in [0, 0.1) is 11.3 Å². The van der Waals surface area contributed by atoms with E-state index < -0.39 is 11.9 Å². The Kier molecular flexibility index (Phi) is 8.94. The third-order valence-electron chi connectivity index (χ3n) is 4.66. The quantitative estimate of drug-likeness (QED) is 0.444. The average molecular weight is 428 g/mol. The first-order valence-corrected chi connectivity index (χ1v) is 10.3. The number of carbonyl (C=O) groups is 2. The fraction of sp³-hybridized carbons (Fsp3) is 0.435. The van der Waals surface area contributed by atoms with Crippen LogP contribution < -0.4 is 10.5 Å². The number of rotatable bonds is 10. The van der Waals surface area contributed by atoms with Crippen LogP contribution in [0.3, 0.4) is 0 Å². The molecule has 31 heavy (non-hydrogen) atoms. The molecule has 2 rings (SSSR count). The van der Waals surface area contributed by atoms with Gasteiger partial charge in [0.1, 0.15) is 23.2 Å². The number of benzene rings is 1. The van der Waals surface area contributed by atoms with E-state index in [0.717, 1.165) is 0 Å². The zero-order valence-electron chi connectivity index (χ0n) is 18.1. The molecule has 0 saturated heterocycles. The van der Waals surface area contributed by atoms with Gasteiger partial charge in [-0.15, -0.1) is 0 Å². The topological polar surface area (TPSA) is 121 Å². The molecule has 0 radical (unpaired) electrons. The van der Waals surface area contributed by atoms with Gasteiger partial charge in [-0.05, 0) is 51.3 Å². The molecule has 0 amide bonds. The van der Waals surface area contributed by atoms with E-state index in [2.05, 4.69) is 0 Å². The molecule has 1 atom stereocenters. The largest absolute Gasteiger partial charge is 0.494 e.